The van der Waals surface area contributed by atoms with Crippen LogP contribution in [0.2, 0.25) is 6.32 Å². The summed E-state index contributed by atoms with van der Waals surface area (Å²) in [5.74, 6) is -1.65. The van der Waals surface area contributed by atoms with Crippen LogP contribution in [-0.4, -0.2) is 75.1 Å². The molecule has 29 heavy (non-hydrogen) atoms. The third-order valence-corrected chi connectivity index (χ3v) is 5.32. The van der Waals surface area contributed by atoms with E-state index in [9.17, 15) is 15.0 Å². The van der Waals surface area contributed by atoms with Crippen molar-refractivity contribution in [2.45, 2.75) is 43.4 Å². The Hall–Kier alpha value is -2.18. The summed E-state index contributed by atoms with van der Waals surface area (Å²) in [5.41, 5.74) is 17.6. The van der Waals surface area contributed by atoms with E-state index >= 15 is 0 Å². The zero-order chi connectivity index (χ0) is 21.6. The molecule has 10 nitrogen and oxygen atoms in total. The van der Waals surface area contributed by atoms with Gasteiger partial charge in [0.25, 0.3) is 0 Å². The smallest absolute Gasteiger partial charge is 0.451 e. The quantitative estimate of drug-likeness (QED) is 0.140. The third-order valence-electron chi connectivity index (χ3n) is 5.32. The van der Waals surface area contributed by atoms with Crippen LogP contribution >= 0.6 is 0 Å². The lowest BCUT2D eigenvalue weighted by atomic mass is 9.78. The molecule has 0 aromatic heterocycles. The Kier molecular flexibility index (Phi) is 8.00. The minimum Gasteiger partial charge on any atom is -0.480 e. The van der Waals surface area contributed by atoms with E-state index in [4.69, 9.17) is 27.2 Å². The number of nitrogens with two attached hydrogens (primary N) is 3. The highest BCUT2D eigenvalue weighted by Crippen LogP contribution is 2.30. The summed E-state index contributed by atoms with van der Waals surface area (Å²) in [6, 6.07) is 8.74. The predicted octanol–water partition coefficient (Wildman–Crippen LogP) is -1.84. The van der Waals surface area contributed by atoms with E-state index in [0.717, 1.165) is 5.56 Å². The molecule has 1 aliphatic heterocycles. The number of rotatable bonds is 9. The average Bonchev–Trinajstić information content (AvgIpc) is 3.00. The van der Waals surface area contributed by atoms with E-state index in [-0.39, 0.29) is 25.4 Å². The van der Waals surface area contributed by atoms with Crippen molar-refractivity contribution in [3.05, 3.63) is 35.9 Å². The summed E-state index contributed by atoms with van der Waals surface area (Å²) < 4.78 is 0. The van der Waals surface area contributed by atoms with Gasteiger partial charge < -0.3 is 42.4 Å². The first-order chi connectivity index (χ1) is 13.6. The molecule has 1 fully saturated rings. The normalized spacial score (nSPS) is 24.4. The van der Waals surface area contributed by atoms with Crippen molar-refractivity contribution in [3.63, 3.8) is 0 Å². The van der Waals surface area contributed by atoms with E-state index in [1.54, 1.807) is 0 Å². The first-order valence-corrected chi connectivity index (χ1v) is 9.57. The lowest BCUT2D eigenvalue weighted by molar-refractivity contribution is -0.144. The topological polar surface area (TPSA) is 192 Å². The number of aliphatic hydroxyl groups is 1. The van der Waals surface area contributed by atoms with Crippen LogP contribution in [0.15, 0.2) is 35.3 Å². The molecule has 1 aliphatic rings. The van der Waals surface area contributed by atoms with E-state index in [1.807, 2.05) is 30.3 Å². The van der Waals surface area contributed by atoms with Gasteiger partial charge >= 0.3 is 13.1 Å². The van der Waals surface area contributed by atoms with Gasteiger partial charge in [-0.15, -0.1) is 0 Å². The van der Waals surface area contributed by atoms with Crippen molar-refractivity contribution in [2.24, 2.45) is 28.1 Å². The van der Waals surface area contributed by atoms with Crippen LogP contribution in [0, 0.1) is 5.92 Å². The Morgan fingerprint density at radius 2 is 2.00 bits per heavy atom. The van der Waals surface area contributed by atoms with Crippen molar-refractivity contribution in [3.8, 4) is 0 Å². The van der Waals surface area contributed by atoms with Gasteiger partial charge in [-0.3, -0.25) is 4.79 Å². The number of nitrogens with zero attached hydrogens (tertiary/aromatic N) is 2. The first kappa shape index (κ1) is 23.1. The highest BCUT2D eigenvalue weighted by Gasteiger charge is 2.49. The maximum atomic E-state index is 11.7. The zero-order valence-electron chi connectivity index (χ0n) is 16.3. The third kappa shape index (κ3) is 6.15. The largest absolute Gasteiger partial charge is 0.480 e. The number of hydrogen-bond donors (Lipinski definition) is 7. The number of aliphatic imine (C=N–C) groups is 1. The number of aliphatic carboxylic acids is 1. The Morgan fingerprint density at radius 1 is 1.34 bits per heavy atom. The second-order valence-electron chi connectivity index (χ2n) is 7.59. The lowest BCUT2D eigenvalue weighted by Crippen LogP contribution is -2.55. The van der Waals surface area contributed by atoms with E-state index < -0.39 is 36.8 Å². The highest BCUT2D eigenvalue weighted by molar-refractivity contribution is 6.40. The molecule has 4 unspecified atom stereocenters. The number of guanidine groups is 1. The van der Waals surface area contributed by atoms with Crippen molar-refractivity contribution in [1.29, 1.82) is 0 Å². The molecule has 1 saturated heterocycles. The summed E-state index contributed by atoms with van der Waals surface area (Å²) in [5, 5.41) is 37.8. The number of aliphatic hydroxyl groups excluding tert-OH is 1. The van der Waals surface area contributed by atoms with Gasteiger partial charge in [0, 0.05) is 19.0 Å². The summed E-state index contributed by atoms with van der Waals surface area (Å²) in [6.07, 6.45) is 0.0735. The van der Waals surface area contributed by atoms with Crippen LogP contribution in [-0.2, 0) is 11.2 Å². The minimum atomic E-state index is -1.54. The highest BCUT2D eigenvalue weighted by atomic mass is 16.4. The molecule has 1 aromatic rings. The average molecular weight is 407 g/mol. The zero-order valence-corrected chi connectivity index (χ0v) is 16.3. The molecule has 0 bridgehead atoms. The van der Waals surface area contributed by atoms with Gasteiger partial charge in [0.15, 0.2) is 12.2 Å². The molecule has 1 heterocycles. The number of hydrogen-bond acceptors (Lipinski definition) is 7. The molecule has 0 amide bonds. The van der Waals surface area contributed by atoms with Gasteiger partial charge in [0.05, 0.1) is 6.04 Å². The van der Waals surface area contributed by atoms with E-state index in [1.165, 1.54) is 4.90 Å². The standard InChI is InChI=1S/C18H30BN5O5/c20-14(9-12-5-2-1-3-6-12)15(25)23-17(21)24-10-13(7-4-8-19(28)29)18(22,11-24)16(26)27/h1-3,5-6,13-15,25,28-29H,4,7-11,20,22H2,(H2,21,23)(H,26,27). The molecule has 11 heteroatoms. The summed E-state index contributed by atoms with van der Waals surface area (Å²) in [7, 11) is -1.45. The van der Waals surface area contributed by atoms with Crippen molar-refractivity contribution >= 4 is 19.0 Å². The molecular weight excluding hydrogens is 377 g/mol. The Morgan fingerprint density at radius 3 is 2.59 bits per heavy atom. The summed E-state index contributed by atoms with van der Waals surface area (Å²) in [4.78, 5) is 17.3. The van der Waals surface area contributed by atoms with Gasteiger partial charge in [-0.2, -0.15) is 0 Å². The fourth-order valence-electron chi connectivity index (χ4n) is 3.56. The number of carboxylic acids is 1. The SMILES string of the molecule is NC(=NC(O)C(N)Cc1ccccc1)N1CC(CCCB(O)O)C(N)(C(=O)O)C1. The Balaban J connectivity index is 2.02. The molecule has 0 saturated carbocycles. The second kappa shape index (κ2) is 10.0. The molecule has 1 aromatic carbocycles. The van der Waals surface area contributed by atoms with Crippen molar-refractivity contribution in [2.75, 3.05) is 13.1 Å². The maximum absolute atomic E-state index is 11.7. The van der Waals surface area contributed by atoms with Crippen LogP contribution in [0.5, 0.6) is 0 Å². The monoisotopic (exact) mass is 407 g/mol. The van der Waals surface area contributed by atoms with Crippen LogP contribution in [0.3, 0.4) is 0 Å². The summed E-state index contributed by atoms with van der Waals surface area (Å²) in [6.45, 7) is 0.172. The molecule has 4 atom stereocenters. The first-order valence-electron chi connectivity index (χ1n) is 9.57. The fraction of sp³-hybridized carbons (Fsp3) is 0.556. The number of likely N-dealkylation sites (tertiary alicyclic amines) is 1. The molecule has 2 rings (SSSR count). The van der Waals surface area contributed by atoms with Crippen LogP contribution < -0.4 is 17.2 Å². The molecular formula is C18H30BN5O5. The fourth-order valence-corrected chi connectivity index (χ4v) is 3.56. The molecule has 10 N–H and O–H groups in total. The van der Waals surface area contributed by atoms with Gasteiger partial charge in [0.2, 0.25) is 0 Å². The molecule has 0 radical (unpaired) electrons. The van der Waals surface area contributed by atoms with Crippen LogP contribution in [0.25, 0.3) is 0 Å². The van der Waals surface area contributed by atoms with Gasteiger partial charge in [-0.1, -0.05) is 36.8 Å². The van der Waals surface area contributed by atoms with Crippen molar-refractivity contribution < 1.29 is 25.1 Å². The van der Waals surface area contributed by atoms with Gasteiger partial charge in [-0.05, 0) is 24.7 Å². The molecule has 160 valence electrons. The van der Waals surface area contributed by atoms with Crippen molar-refractivity contribution in [1.82, 2.24) is 4.90 Å². The number of carboxylic acid groups (broad SMARTS) is 1. The molecule has 0 aliphatic carbocycles. The van der Waals surface area contributed by atoms with Crippen LogP contribution in [0.4, 0.5) is 0 Å². The summed E-state index contributed by atoms with van der Waals surface area (Å²) >= 11 is 0. The van der Waals surface area contributed by atoms with E-state index in [0.29, 0.717) is 19.3 Å². The lowest BCUT2D eigenvalue weighted by Gasteiger charge is -2.25. The van der Waals surface area contributed by atoms with Crippen LogP contribution in [0.1, 0.15) is 18.4 Å². The number of carbonyl (C=O) groups is 1. The maximum Gasteiger partial charge on any atom is 0.451 e. The minimum absolute atomic E-state index is 0.0261. The molecule has 0 spiro atoms. The Bertz CT molecular complexity index is 707. The second-order valence-corrected chi connectivity index (χ2v) is 7.59. The number of benzene rings is 1. The Labute approximate surface area is 170 Å². The van der Waals surface area contributed by atoms with Gasteiger partial charge in [-0.25, -0.2) is 4.99 Å². The van der Waals surface area contributed by atoms with E-state index in [2.05, 4.69) is 4.99 Å². The van der Waals surface area contributed by atoms with Gasteiger partial charge in [0.1, 0.15) is 5.54 Å². The predicted molar refractivity (Wildman–Crippen MR) is 110 cm³/mol.